The van der Waals surface area contributed by atoms with Crippen molar-refractivity contribution in [3.63, 3.8) is 0 Å². The molecule has 0 saturated carbocycles. The van der Waals surface area contributed by atoms with E-state index < -0.39 is 0 Å². The lowest BCUT2D eigenvalue weighted by molar-refractivity contribution is 0.531. The van der Waals surface area contributed by atoms with E-state index in [0.717, 1.165) is 17.8 Å². The Bertz CT molecular complexity index is 593. The minimum absolute atomic E-state index is 0.0252. The van der Waals surface area contributed by atoms with Gasteiger partial charge in [0.2, 0.25) is 0 Å². The summed E-state index contributed by atoms with van der Waals surface area (Å²) in [7, 11) is 1.95. The summed E-state index contributed by atoms with van der Waals surface area (Å²) in [5.74, 6) is -0.201. The Kier molecular flexibility index (Phi) is 4.47. The van der Waals surface area contributed by atoms with Crippen LogP contribution >= 0.6 is 0 Å². The minimum Gasteiger partial charge on any atom is -0.306 e. The molecule has 1 heterocycles. The molecule has 0 fully saturated rings. The molecule has 1 N–H and O–H groups in total. The first-order chi connectivity index (χ1) is 9.77. The van der Waals surface area contributed by atoms with Gasteiger partial charge in [-0.1, -0.05) is 32.9 Å². The first kappa shape index (κ1) is 15.7. The van der Waals surface area contributed by atoms with E-state index in [2.05, 4.69) is 44.3 Å². The second-order valence-electron chi connectivity index (χ2n) is 6.58. The van der Waals surface area contributed by atoms with Crippen LogP contribution in [0.4, 0.5) is 4.39 Å². The lowest BCUT2D eigenvalue weighted by Gasteiger charge is -2.19. The Morgan fingerprint density at radius 1 is 1.24 bits per heavy atom. The molecule has 2 aromatic rings. The number of hydrogen-bond acceptors (Lipinski definition) is 2. The number of nitrogens with one attached hydrogen (secondary N) is 1. The van der Waals surface area contributed by atoms with E-state index >= 15 is 0 Å². The zero-order valence-electron chi connectivity index (χ0n) is 13.4. The first-order valence-corrected chi connectivity index (χ1v) is 7.29. The Balaban J connectivity index is 2.08. The van der Waals surface area contributed by atoms with Gasteiger partial charge in [0.05, 0.1) is 5.69 Å². The van der Waals surface area contributed by atoms with Crippen LogP contribution in [0, 0.1) is 5.82 Å². The highest BCUT2D eigenvalue weighted by Gasteiger charge is 2.21. The first-order valence-electron chi connectivity index (χ1n) is 7.29. The third-order valence-corrected chi connectivity index (χ3v) is 3.58. The quantitative estimate of drug-likeness (QED) is 0.930. The predicted octanol–water partition coefficient (Wildman–Crippen LogP) is 3.71. The molecule has 0 bridgehead atoms. The van der Waals surface area contributed by atoms with Crippen molar-refractivity contribution >= 4 is 0 Å². The van der Waals surface area contributed by atoms with Crippen molar-refractivity contribution in [2.45, 2.75) is 45.7 Å². The number of aryl methyl sites for hydroxylation is 1. The van der Waals surface area contributed by atoms with Crippen LogP contribution in [0.15, 0.2) is 30.5 Å². The minimum atomic E-state index is -0.201. The van der Waals surface area contributed by atoms with Crippen LogP contribution in [0.3, 0.4) is 0 Å². The van der Waals surface area contributed by atoms with Gasteiger partial charge >= 0.3 is 0 Å². The van der Waals surface area contributed by atoms with Gasteiger partial charge < -0.3 is 5.32 Å². The van der Waals surface area contributed by atoms with Crippen molar-refractivity contribution < 1.29 is 4.39 Å². The fraction of sp³-hybridized carbons (Fsp3) is 0.471. The zero-order chi connectivity index (χ0) is 15.6. The number of halogens is 1. The van der Waals surface area contributed by atoms with Crippen LogP contribution in [0.2, 0.25) is 0 Å². The largest absolute Gasteiger partial charge is 0.306 e. The van der Waals surface area contributed by atoms with Crippen LogP contribution in [0.1, 0.15) is 50.6 Å². The number of aromatic nitrogens is 2. The molecule has 0 radical (unpaired) electrons. The van der Waals surface area contributed by atoms with Gasteiger partial charge in [-0.2, -0.15) is 5.10 Å². The predicted molar refractivity (Wildman–Crippen MR) is 83.6 cm³/mol. The van der Waals surface area contributed by atoms with E-state index in [1.54, 1.807) is 0 Å². The molecule has 0 saturated heterocycles. The topological polar surface area (TPSA) is 29.9 Å². The SMILES string of the molecule is C[C@@H](NCc1cn(C)nc1C(C)(C)C)c1ccc(F)cc1. The van der Waals surface area contributed by atoms with Gasteiger partial charge in [0.25, 0.3) is 0 Å². The molecular weight excluding hydrogens is 265 g/mol. The standard InChI is InChI=1S/C17H24FN3/c1-12(13-6-8-15(18)9-7-13)19-10-14-11-21(5)20-16(14)17(2,3)4/h6-9,11-12,19H,10H2,1-5H3/t12-/m1/s1. The Morgan fingerprint density at radius 2 is 1.86 bits per heavy atom. The molecule has 4 heteroatoms. The van der Waals surface area contributed by atoms with Gasteiger partial charge in [-0.3, -0.25) is 4.68 Å². The Morgan fingerprint density at radius 3 is 2.43 bits per heavy atom. The second-order valence-corrected chi connectivity index (χ2v) is 6.58. The van der Waals surface area contributed by atoms with Gasteiger partial charge in [0, 0.05) is 36.8 Å². The van der Waals surface area contributed by atoms with Crippen molar-refractivity contribution in [2.75, 3.05) is 0 Å². The fourth-order valence-corrected chi connectivity index (χ4v) is 2.43. The highest BCUT2D eigenvalue weighted by molar-refractivity contribution is 5.25. The summed E-state index contributed by atoms with van der Waals surface area (Å²) in [5, 5.41) is 8.06. The smallest absolute Gasteiger partial charge is 0.123 e. The van der Waals surface area contributed by atoms with Gasteiger partial charge in [-0.15, -0.1) is 0 Å². The van der Waals surface area contributed by atoms with Crippen LogP contribution in [0.25, 0.3) is 0 Å². The summed E-state index contributed by atoms with van der Waals surface area (Å²) in [6.45, 7) is 9.34. The second kappa shape index (κ2) is 5.98. The summed E-state index contributed by atoms with van der Waals surface area (Å²) in [6.07, 6.45) is 2.06. The maximum absolute atomic E-state index is 13.0. The summed E-state index contributed by atoms with van der Waals surface area (Å²) in [4.78, 5) is 0. The van der Waals surface area contributed by atoms with Crippen molar-refractivity contribution in [3.05, 3.63) is 53.1 Å². The average Bonchev–Trinajstić information content (AvgIpc) is 2.78. The maximum Gasteiger partial charge on any atom is 0.123 e. The monoisotopic (exact) mass is 289 g/mol. The van der Waals surface area contributed by atoms with Gasteiger partial charge in [-0.05, 0) is 24.6 Å². The summed E-state index contributed by atoms with van der Waals surface area (Å²) >= 11 is 0. The van der Waals surface area contributed by atoms with E-state index in [-0.39, 0.29) is 17.3 Å². The number of rotatable bonds is 4. The molecule has 114 valence electrons. The highest BCUT2D eigenvalue weighted by Crippen LogP contribution is 2.24. The van der Waals surface area contributed by atoms with E-state index in [4.69, 9.17) is 0 Å². The highest BCUT2D eigenvalue weighted by atomic mass is 19.1. The molecule has 1 aromatic heterocycles. The maximum atomic E-state index is 13.0. The molecule has 1 aromatic carbocycles. The molecule has 0 amide bonds. The molecule has 0 aliphatic heterocycles. The van der Waals surface area contributed by atoms with Crippen molar-refractivity contribution in [2.24, 2.45) is 7.05 Å². The normalized spacial score (nSPS) is 13.4. The zero-order valence-corrected chi connectivity index (χ0v) is 13.4. The van der Waals surface area contributed by atoms with Crippen molar-refractivity contribution in [1.82, 2.24) is 15.1 Å². The van der Waals surface area contributed by atoms with Crippen molar-refractivity contribution in [1.29, 1.82) is 0 Å². The number of hydrogen-bond donors (Lipinski definition) is 1. The van der Waals surface area contributed by atoms with Crippen LogP contribution in [-0.4, -0.2) is 9.78 Å². The number of nitrogens with zero attached hydrogens (tertiary/aromatic N) is 2. The summed E-state index contributed by atoms with van der Waals surface area (Å²) in [5.41, 5.74) is 3.43. The molecule has 3 nitrogen and oxygen atoms in total. The molecule has 0 aliphatic carbocycles. The summed E-state index contributed by atoms with van der Waals surface area (Å²) in [6, 6.07) is 6.80. The van der Waals surface area contributed by atoms with Crippen molar-refractivity contribution in [3.8, 4) is 0 Å². The lowest BCUT2D eigenvalue weighted by Crippen LogP contribution is -2.21. The third-order valence-electron chi connectivity index (χ3n) is 3.58. The molecule has 2 rings (SSSR count). The Labute approximate surface area is 126 Å². The van der Waals surface area contributed by atoms with E-state index in [9.17, 15) is 4.39 Å². The fourth-order valence-electron chi connectivity index (χ4n) is 2.43. The lowest BCUT2D eigenvalue weighted by atomic mass is 9.89. The van der Waals surface area contributed by atoms with Gasteiger partial charge in [0.1, 0.15) is 5.82 Å². The van der Waals surface area contributed by atoms with E-state index in [1.165, 1.54) is 17.7 Å². The molecule has 0 aliphatic rings. The third kappa shape index (κ3) is 3.91. The Hall–Kier alpha value is -1.68. The molecule has 21 heavy (non-hydrogen) atoms. The van der Waals surface area contributed by atoms with E-state index in [1.807, 2.05) is 23.9 Å². The molecular formula is C17H24FN3. The van der Waals surface area contributed by atoms with Gasteiger partial charge in [0.15, 0.2) is 0 Å². The van der Waals surface area contributed by atoms with E-state index in [0.29, 0.717) is 0 Å². The van der Waals surface area contributed by atoms with Crippen LogP contribution in [0.5, 0.6) is 0 Å². The molecule has 1 atom stereocenters. The molecule has 0 unspecified atom stereocenters. The number of benzene rings is 1. The molecule has 0 spiro atoms. The van der Waals surface area contributed by atoms with Crippen LogP contribution in [-0.2, 0) is 19.0 Å². The van der Waals surface area contributed by atoms with Gasteiger partial charge in [-0.25, -0.2) is 4.39 Å². The van der Waals surface area contributed by atoms with Crippen LogP contribution < -0.4 is 5.32 Å². The average molecular weight is 289 g/mol. The summed E-state index contributed by atoms with van der Waals surface area (Å²) < 4.78 is 14.8.